The number of amides is 1. The molecule has 1 aliphatic heterocycles. The second-order valence-corrected chi connectivity index (χ2v) is 9.32. The molecule has 2 atom stereocenters. The van der Waals surface area contributed by atoms with Crippen molar-refractivity contribution in [3.63, 3.8) is 0 Å². The fourth-order valence-electron chi connectivity index (χ4n) is 3.38. The highest BCUT2D eigenvalue weighted by atomic mass is 32.2. The van der Waals surface area contributed by atoms with E-state index < -0.39 is 10.0 Å². The Morgan fingerprint density at radius 2 is 2.04 bits per heavy atom. The molecule has 0 bridgehead atoms. The molecule has 0 saturated carbocycles. The van der Waals surface area contributed by atoms with Gasteiger partial charge in [-0.1, -0.05) is 26.8 Å². The Morgan fingerprint density at radius 3 is 2.64 bits per heavy atom. The maximum atomic E-state index is 12.4. The van der Waals surface area contributed by atoms with Crippen LogP contribution in [0.2, 0.25) is 0 Å². The minimum absolute atomic E-state index is 0.000467. The van der Waals surface area contributed by atoms with Gasteiger partial charge in [-0.15, -0.1) is 0 Å². The van der Waals surface area contributed by atoms with Crippen LogP contribution in [0, 0.1) is 18.3 Å². The van der Waals surface area contributed by atoms with Gasteiger partial charge in [0, 0.05) is 24.6 Å². The molecule has 140 valence electrons. The normalized spacial score (nSPS) is 21.8. The van der Waals surface area contributed by atoms with Gasteiger partial charge in [0.15, 0.2) is 0 Å². The number of benzene rings is 1. The number of primary sulfonamides is 1. The molecule has 0 unspecified atom stereocenters. The van der Waals surface area contributed by atoms with Gasteiger partial charge < -0.3 is 10.1 Å². The monoisotopic (exact) mass is 368 g/mol. The van der Waals surface area contributed by atoms with E-state index in [1.807, 2.05) is 0 Å². The first kappa shape index (κ1) is 19.9. The van der Waals surface area contributed by atoms with Gasteiger partial charge in [0.1, 0.15) is 0 Å². The number of carbonyl (C=O) groups excluding carboxylic acids is 1. The quantitative estimate of drug-likeness (QED) is 0.851. The van der Waals surface area contributed by atoms with Crippen LogP contribution in [0.15, 0.2) is 23.1 Å². The minimum atomic E-state index is -3.85. The molecule has 0 spiro atoms. The van der Waals surface area contributed by atoms with Crippen molar-refractivity contribution in [1.29, 1.82) is 0 Å². The molecular weight excluding hydrogens is 340 g/mol. The Morgan fingerprint density at radius 1 is 1.36 bits per heavy atom. The third-order valence-electron chi connectivity index (χ3n) is 4.58. The van der Waals surface area contributed by atoms with Gasteiger partial charge in [0.2, 0.25) is 10.0 Å². The molecule has 2 rings (SSSR count). The number of carbonyl (C=O) groups is 1. The van der Waals surface area contributed by atoms with Crippen LogP contribution >= 0.6 is 0 Å². The predicted octanol–water partition coefficient (Wildman–Crippen LogP) is 2.21. The molecule has 1 fully saturated rings. The average Bonchev–Trinajstić information content (AvgIpc) is 2.51. The zero-order valence-electron chi connectivity index (χ0n) is 15.3. The summed E-state index contributed by atoms with van der Waals surface area (Å²) in [6, 6.07) is 4.53. The summed E-state index contributed by atoms with van der Waals surface area (Å²) in [4.78, 5) is 12.4. The summed E-state index contributed by atoms with van der Waals surface area (Å²) in [6.45, 7) is 9.30. The van der Waals surface area contributed by atoms with E-state index in [9.17, 15) is 13.2 Å². The smallest absolute Gasteiger partial charge is 0.251 e. The maximum absolute atomic E-state index is 12.4. The minimum Gasteiger partial charge on any atom is -0.377 e. The maximum Gasteiger partial charge on any atom is 0.251 e. The summed E-state index contributed by atoms with van der Waals surface area (Å²) >= 11 is 0. The van der Waals surface area contributed by atoms with Crippen LogP contribution in [0.3, 0.4) is 0 Å². The molecule has 1 aliphatic rings. The van der Waals surface area contributed by atoms with E-state index >= 15 is 0 Å². The number of nitrogens with one attached hydrogen (secondary N) is 1. The molecule has 7 heteroatoms. The van der Waals surface area contributed by atoms with Crippen molar-refractivity contribution < 1.29 is 17.9 Å². The van der Waals surface area contributed by atoms with Crippen molar-refractivity contribution in [2.45, 2.75) is 51.5 Å². The Kier molecular flexibility index (Phi) is 5.91. The molecule has 1 amide bonds. The van der Waals surface area contributed by atoms with Crippen LogP contribution in [0.5, 0.6) is 0 Å². The van der Waals surface area contributed by atoms with Gasteiger partial charge in [0.25, 0.3) is 5.91 Å². The second-order valence-electron chi connectivity index (χ2n) is 7.80. The molecule has 1 aromatic rings. The number of sulfonamides is 1. The lowest BCUT2D eigenvalue weighted by Gasteiger charge is -2.40. The lowest BCUT2D eigenvalue weighted by molar-refractivity contribution is -0.0839. The van der Waals surface area contributed by atoms with Crippen molar-refractivity contribution in [2.75, 3.05) is 13.2 Å². The molecule has 0 aliphatic carbocycles. The number of nitrogens with two attached hydrogens (primary N) is 1. The number of ether oxygens (including phenoxy) is 1. The van der Waals surface area contributed by atoms with Gasteiger partial charge in [-0.2, -0.15) is 0 Å². The summed E-state index contributed by atoms with van der Waals surface area (Å²) in [6.07, 6.45) is 2.06. The van der Waals surface area contributed by atoms with Gasteiger partial charge in [-0.05, 0) is 42.9 Å². The van der Waals surface area contributed by atoms with Gasteiger partial charge >= 0.3 is 0 Å². The first-order chi connectivity index (χ1) is 11.5. The Labute approximate surface area is 150 Å². The van der Waals surface area contributed by atoms with Crippen molar-refractivity contribution in [3.05, 3.63) is 29.3 Å². The Hall–Kier alpha value is -1.44. The second kappa shape index (κ2) is 7.43. The molecule has 25 heavy (non-hydrogen) atoms. The van der Waals surface area contributed by atoms with E-state index in [4.69, 9.17) is 9.88 Å². The van der Waals surface area contributed by atoms with Gasteiger partial charge in [-0.25, -0.2) is 13.6 Å². The van der Waals surface area contributed by atoms with Crippen LogP contribution < -0.4 is 10.5 Å². The highest BCUT2D eigenvalue weighted by molar-refractivity contribution is 7.89. The van der Waals surface area contributed by atoms with Gasteiger partial charge in [0.05, 0.1) is 11.0 Å². The van der Waals surface area contributed by atoms with E-state index in [2.05, 4.69) is 26.1 Å². The van der Waals surface area contributed by atoms with Crippen LogP contribution in [-0.2, 0) is 14.8 Å². The molecule has 0 aromatic heterocycles. The van der Waals surface area contributed by atoms with Crippen LogP contribution in [-0.4, -0.2) is 33.6 Å². The van der Waals surface area contributed by atoms with E-state index in [1.54, 1.807) is 19.1 Å². The van der Waals surface area contributed by atoms with E-state index in [0.717, 1.165) is 19.4 Å². The predicted molar refractivity (Wildman–Crippen MR) is 96.8 cm³/mol. The summed E-state index contributed by atoms with van der Waals surface area (Å²) in [5, 5.41) is 8.12. The largest absolute Gasteiger partial charge is 0.377 e. The van der Waals surface area contributed by atoms with Crippen molar-refractivity contribution in [3.8, 4) is 0 Å². The lowest BCUT2D eigenvalue weighted by atomic mass is 9.78. The van der Waals surface area contributed by atoms with Crippen molar-refractivity contribution >= 4 is 15.9 Å². The number of hydrogen-bond acceptors (Lipinski definition) is 4. The number of rotatable bonds is 4. The summed E-state index contributed by atoms with van der Waals surface area (Å²) in [5.41, 5.74) is 0.812. The topological polar surface area (TPSA) is 98.5 Å². The number of hydrogen-bond donors (Lipinski definition) is 2. The molecule has 3 N–H and O–H groups in total. The fourth-order valence-corrected chi connectivity index (χ4v) is 4.19. The fraction of sp³-hybridized carbons (Fsp3) is 0.611. The molecule has 1 aromatic carbocycles. The zero-order chi connectivity index (χ0) is 18.8. The van der Waals surface area contributed by atoms with Crippen molar-refractivity contribution in [2.24, 2.45) is 16.5 Å². The summed E-state index contributed by atoms with van der Waals surface area (Å²) in [5.74, 6) is -0.0657. The third kappa shape index (κ3) is 5.03. The van der Waals surface area contributed by atoms with Crippen LogP contribution in [0.1, 0.15) is 49.5 Å². The van der Waals surface area contributed by atoms with E-state index in [-0.39, 0.29) is 28.2 Å². The molecule has 0 radical (unpaired) electrons. The first-order valence-corrected chi connectivity index (χ1v) is 10.1. The highest BCUT2D eigenvalue weighted by Crippen LogP contribution is 2.33. The standard InChI is InChI=1S/C18H28N2O4S/c1-12-7-8-13(10-15(12)25(19,22)23)17(21)20-11-14-6-5-9-24-16(14)18(2,3)4/h7-8,10,14,16H,5-6,9,11H2,1-4H3,(H,20,21)(H2,19,22,23)/t14-,16+/m1/s1. The van der Waals surface area contributed by atoms with Crippen molar-refractivity contribution in [1.82, 2.24) is 5.32 Å². The van der Waals surface area contributed by atoms with Gasteiger partial charge in [-0.3, -0.25) is 4.79 Å². The molecule has 1 saturated heterocycles. The SMILES string of the molecule is Cc1ccc(C(=O)NC[C@H]2CCCO[C@@H]2C(C)(C)C)cc1S(N)(=O)=O. The summed E-state index contributed by atoms with van der Waals surface area (Å²) < 4.78 is 29.2. The Bertz CT molecular complexity index is 738. The van der Waals surface area contributed by atoms with E-state index in [1.165, 1.54) is 6.07 Å². The first-order valence-electron chi connectivity index (χ1n) is 8.53. The average molecular weight is 368 g/mol. The van der Waals surface area contributed by atoms with Crippen LogP contribution in [0.25, 0.3) is 0 Å². The zero-order valence-corrected chi connectivity index (χ0v) is 16.2. The number of aryl methyl sites for hydroxylation is 1. The lowest BCUT2D eigenvalue weighted by Crippen LogP contribution is -2.45. The third-order valence-corrected chi connectivity index (χ3v) is 5.63. The highest BCUT2D eigenvalue weighted by Gasteiger charge is 2.35. The molecule has 6 nitrogen and oxygen atoms in total. The summed E-state index contributed by atoms with van der Waals surface area (Å²) in [7, 11) is -3.85. The Balaban J connectivity index is 2.10. The molecular formula is C18H28N2O4S. The molecule has 1 heterocycles. The van der Waals surface area contributed by atoms with Crippen LogP contribution in [0.4, 0.5) is 0 Å². The van der Waals surface area contributed by atoms with E-state index in [0.29, 0.717) is 17.7 Å².